The number of carboxylic acid groups (broad SMARTS) is 2. The van der Waals surface area contributed by atoms with Gasteiger partial charge in [-0.2, -0.15) is 0 Å². The van der Waals surface area contributed by atoms with Gasteiger partial charge in [-0.1, -0.05) is 20.8 Å². The predicted octanol–water partition coefficient (Wildman–Crippen LogP) is -4.40. The normalized spacial score (nSPS) is 40.9. The molecular weight excluding hydrogens is 512 g/mol. The van der Waals surface area contributed by atoms with E-state index in [1.165, 1.54) is 27.7 Å². The van der Waals surface area contributed by atoms with E-state index >= 15 is 0 Å². The quantitative estimate of drug-likeness (QED) is 0.142. The first-order valence-corrected chi connectivity index (χ1v) is 12.4. The molecule has 2 aliphatic heterocycles. The highest BCUT2D eigenvalue weighted by molar-refractivity contribution is 5.74. The van der Waals surface area contributed by atoms with Crippen molar-refractivity contribution in [3.8, 4) is 0 Å². The fourth-order valence-corrected chi connectivity index (χ4v) is 5.17. The summed E-state index contributed by atoms with van der Waals surface area (Å²) in [6.07, 6.45) is -8.99. The third-order valence-electron chi connectivity index (χ3n) is 8.29. The van der Waals surface area contributed by atoms with Gasteiger partial charge in [-0.05, 0) is 13.8 Å². The summed E-state index contributed by atoms with van der Waals surface area (Å²) in [5, 5.41) is 87.8. The third kappa shape index (κ3) is 5.70. The molecule has 12 atom stereocenters. The Morgan fingerprint density at radius 2 is 1.34 bits per heavy atom. The van der Waals surface area contributed by atoms with Crippen molar-refractivity contribution in [2.75, 3.05) is 20.3 Å². The van der Waals surface area contributed by atoms with E-state index in [4.69, 9.17) is 18.9 Å². The largest absolute Gasteiger partial charge is 0.544 e. The van der Waals surface area contributed by atoms with E-state index < -0.39 is 109 Å². The molecule has 0 bridgehead atoms. The van der Waals surface area contributed by atoms with Gasteiger partial charge in [0.15, 0.2) is 0 Å². The zero-order valence-electron chi connectivity index (χ0n) is 22.4. The summed E-state index contributed by atoms with van der Waals surface area (Å²) in [5.41, 5.74) is -4.26. The van der Waals surface area contributed by atoms with Gasteiger partial charge in [0.2, 0.25) is 11.6 Å². The summed E-state index contributed by atoms with van der Waals surface area (Å²) in [7, 11) is 0.993. The van der Waals surface area contributed by atoms with Crippen molar-refractivity contribution < 1.29 is 69.4 Å². The molecule has 0 aromatic heterocycles. The molecule has 6 unspecified atom stereocenters. The Labute approximate surface area is 220 Å². The van der Waals surface area contributed by atoms with E-state index in [0.717, 1.165) is 14.0 Å². The van der Waals surface area contributed by atoms with E-state index in [9.17, 15) is 50.4 Å². The molecule has 0 amide bonds. The number of carboxylic acids is 2. The zero-order valence-corrected chi connectivity index (χ0v) is 22.4. The van der Waals surface area contributed by atoms with Crippen LogP contribution < -0.4 is 10.2 Å². The van der Waals surface area contributed by atoms with Gasteiger partial charge in [-0.3, -0.25) is 0 Å². The summed E-state index contributed by atoms with van der Waals surface area (Å²) >= 11 is 0. The van der Waals surface area contributed by atoms with E-state index in [1.54, 1.807) is 0 Å². The van der Waals surface area contributed by atoms with Crippen LogP contribution in [0.3, 0.4) is 0 Å². The van der Waals surface area contributed by atoms with Crippen molar-refractivity contribution in [1.29, 1.82) is 0 Å². The van der Waals surface area contributed by atoms with Gasteiger partial charge in [0.05, 0.1) is 36.6 Å². The molecule has 0 aromatic carbocycles. The summed E-state index contributed by atoms with van der Waals surface area (Å²) in [6, 6.07) is 0. The number of aliphatic hydroxyl groups is 6. The average Bonchev–Trinajstić information content (AvgIpc) is 2.84. The van der Waals surface area contributed by atoms with E-state index in [2.05, 4.69) is 0 Å². The Bertz CT molecular complexity index is 848. The minimum Gasteiger partial charge on any atom is -0.544 e. The Kier molecular flexibility index (Phi) is 9.97. The number of aliphatic hydroxyl groups excluding tert-OH is 4. The van der Waals surface area contributed by atoms with Crippen molar-refractivity contribution in [2.45, 2.75) is 101 Å². The van der Waals surface area contributed by atoms with Crippen LogP contribution in [0.1, 0.15) is 47.5 Å². The first kappa shape index (κ1) is 32.8. The molecule has 0 saturated carbocycles. The SMILES string of the molecule is CO[C@]1(C(=O)[O-])C[C@@H](O)[C@@H](C)C(C(C)(O)C(CO)O[C@]2(C(=O)[O-])C[C@@H](O)[C@@H](C)C(C(C)(O)C(C)CO)O2)O1. The number of methoxy groups -OCH3 is 1. The summed E-state index contributed by atoms with van der Waals surface area (Å²) < 4.78 is 21.8. The maximum absolute atomic E-state index is 12.4. The molecule has 2 heterocycles. The molecule has 2 aliphatic rings. The second kappa shape index (κ2) is 11.6. The highest BCUT2D eigenvalue weighted by atomic mass is 16.7. The van der Waals surface area contributed by atoms with E-state index in [-0.39, 0.29) is 0 Å². The first-order valence-electron chi connectivity index (χ1n) is 12.4. The van der Waals surface area contributed by atoms with Crippen LogP contribution in [0.2, 0.25) is 0 Å². The number of hydrogen-bond acceptors (Lipinski definition) is 14. The molecule has 14 nitrogen and oxygen atoms in total. The van der Waals surface area contributed by atoms with Crippen LogP contribution in [0.4, 0.5) is 0 Å². The molecule has 0 radical (unpaired) electrons. The first-order chi connectivity index (χ1) is 17.4. The summed E-state index contributed by atoms with van der Waals surface area (Å²) in [6.45, 7) is 5.20. The maximum Gasteiger partial charge on any atom is 0.212 e. The monoisotopic (exact) mass is 552 g/mol. The molecule has 0 aliphatic carbocycles. The summed E-state index contributed by atoms with van der Waals surface area (Å²) in [4.78, 5) is 24.2. The number of ether oxygens (including phenoxy) is 4. The molecule has 222 valence electrons. The van der Waals surface area contributed by atoms with Crippen LogP contribution >= 0.6 is 0 Å². The highest BCUT2D eigenvalue weighted by Crippen LogP contribution is 2.44. The molecule has 2 saturated heterocycles. The Hall–Kier alpha value is -1.46. The van der Waals surface area contributed by atoms with Gasteiger partial charge in [0, 0.05) is 44.3 Å². The van der Waals surface area contributed by atoms with Gasteiger partial charge >= 0.3 is 0 Å². The Morgan fingerprint density at radius 1 is 0.921 bits per heavy atom. The fourth-order valence-electron chi connectivity index (χ4n) is 5.17. The maximum atomic E-state index is 12.4. The van der Waals surface area contributed by atoms with Crippen molar-refractivity contribution in [3.63, 3.8) is 0 Å². The zero-order chi connectivity index (χ0) is 29.4. The number of aliphatic carboxylic acids is 2. The lowest BCUT2D eigenvalue weighted by Gasteiger charge is -2.55. The smallest absolute Gasteiger partial charge is 0.212 e. The number of carbonyl (C=O) groups excluding carboxylic acids is 2. The van der Waals surface area contributed by atoms with Gasteiger partial charge in [0.25, 0.3) is 0 Å². The molecule has 0 aromatic rings. The Balaban J connectivity index is 2.50. The molecular formula is C24H40O14-2. The number of carbonyl (C=O) groups is 2. The fraction of sp³-hybridized carbons (Fsp3) is 0.917. The minimum absolute atomic E-state index is 0.498. The average molecular weight is 553 g/mol. The molecule has 0 spiro atoms. The Morgan fingerprint density at radius 3 is 1.74 bits per heavy atom. The third-order valence-corrected chi connectivity index (χ3v) is 8.29. The standard InChI is InChI=1S/C24H42O14/c1-11(9-25)21(4,33)17-12(2)15(28)8-24(38-17,20(31)32)36-16(10-26)22(5,34)18-13(3)14(27)7-23(35-6,37-18)19(29)30/h11-18,25-28,33-34H,7-10H2,1-6H3,(H,29,30)(H,31,32)/p-2/t11?,12-,13-,14-,15-,16?,17?,18?,21?,22?,23-,24-/m1/s1. The van der Waals surface area contributed by atoms with Crippen LogP contribution in [-0.2, 0) is 28.5 Å². The van der Waals surface area contributed by atoms with Crippen LogP contribution in [-0.4, -0.2) is 116 Å². The van der Waals surface area contributed by atoms with Crippen LogP contribution in [0.15, 0.2) is 0 Å². The number of rotatable bonds is 11. The van der Waals surface area contributed by atoms with Crippen LogP contribution in [0, 0.1) is 17.8 Å². The lowest BCUT2D eigenvalue weighted by atomic mass is 9.75. The van der Waals surface area contributed by atoms with Gasteiger partial charge in [-0.25, -0.2) is 0 Å². The predicted molar refractivity (Wildman–Crippen MR) is 121 cm³/mol. The summed E-state index contributed by atoms with van der Waals surface area (Å²) in [5.74, 6) is -11.8. The molecule has 6 N–H and O–H groups in total. The van der Waals surface area contributed by atoms with Gasteiger partial charge < -0.3 is 69.4 Å². The van der Waals surface area contributed by atoms with Crippen molar-refractivity contribution >= 4 is 11.9 Å². The van der Waals surface area contributed by atoms with Gasteiger partial charge in [0.1, 0.15) is 23.6 Å². The molecule has 2 rings (SSSR count). The lowest BCUT2D eigenvalue weighted by molar-refractivity contribution is -0.411. The molecule has 2 fully saturated rings. The minimum atomic E-state index is -2.81. The van der Waals surface area contributed by atoms with Crippen LogP contribution in [0.5, 0.6) is 0 Å². The van der Waals surface area contributed by atoms with E-state index in [0.29, 0.717) is 0 Å². The van der Waals surface area contributed by atoms with Crippen LogP contribution in [0.25, 0.3) is 0 Å². The van der Waals surface area contributed by atoms with E-state index in [1.807, 2.05) is 0 Å². The topological polar surface area (TPSA) is 239 Å². The second-order valence-corrected chi connectivity index (χ2v) is 10.9. The number of hydrogen-bond donors (Lipinski definition) is 6. The van der Waals surface area contributed by atoms with Crippen molar-refractivity contribution in [3.05, 3.63) is 0 Å². The van der Waals surface area contributed by atoms with Crippen molar-refractivity contribution in [1.82, 2.24) is 0 Å². The molecule has 38 heavy (non-hydrogen) atoms. The second-order valence-electron chi connectivity index (χ2n) is 10.9. The highest BCUT2D eigenvalue weighted by Gasteiger charge is 2.59. The van der Waals surface area contributed by atoms with Crippen molar-refractivity contribution in [2.24, 2.45) is 17.8 Å². The lowest BCUT2D eigenvalue weighted by Crippen LogP contribution is -2.70. The molecule has 14 heteroatoms. The van der Waals surface area contributed by atoms with Gasteiger partial charge in [-0.15, -0.1) is 0 Å².